The Kier molecular flexibility index (Phi) is 5.68. The Morgan fingerprint density at radius 1 is 1.15 bits per heavy atom. The molecule has 3 aromatic heterocycles. The lowest BCUT2D eigenvalue weighted by Crippen LogP contribution is -2.61. The number of benzene rings is 1. The monoisotopic (exact) mass is 548 g/mol. The maximum absolute atomic E-state index is 16.5. The number of likely N-dealkylation sites (tertiary alicyclic amines) is 1. The third-order valence-corrected chi connectivity index (χ3v) is 9.34. The highest BCUT2D eigenvalue weighted by Crippen LogP contribution is 2.45. The minimum Gasteiger partial charge on any atom is -0.389 e. The Morgan fingerprint density at radius 2 is 1.95 bits per heavy atom. The van der Waals surface area contributed by atoms with Gasteiger partial charge in [-0.1, -0.05) is 0 Å². The predicted octanol–water partition coefficient (Wildman–Crippen LogP) is 3.49. The largest absolute Gasteiger partial charge is 0.389 e. The predicted molar refractivity (Wildman–Crippen MR) is 145 cm³/mol. The van der Waals surface area contributed by atoms with Gasteiger partial charge in [-0.25, -0.2) is 18.7 Å². The molecule has 2 saturated heterocycles. The number of thiophene rings is 1. The molecule has 12 heteroatoms. The van der Waals surface area contributed by atoms with Crippen molar-refractivity contribution in [2.24, 2.45) is 0 Å². The summed E-state index contributed by atoms with van der Waals surface area (Å²) in [5.41, 5.74) is 8.03. The maximum atomic E-state index is 16.5. The van der Waals surface area contributed by atoms with Gasteiger partial charge in [-0.05, 0) is 31.6 Å². The molecule has 0 bridgehead atoms. The van der Waals surface area contributed by atoms with Crippen molar-refractivity contribution in [3.8, 4) is 17.3 Å². The molecule has 1 aromatic carbocycles. The average Bonchev–Trinajstić information content (AvgIpc) is 3.63. The molecule has 2 fully saturated rings. The molecule has 6 heterocycles. The number of hydrogen-bond acceptors (Lipinski definition) is 10. The minimum absolute atomic E-state index is 0.0955. The summed E-state index contributed by atoms with van der Waals surface area (Å²) in [5, 5.41) is 10.7. The van der Waals surface area contributed by atoms with Crippen molar-refractivity contribution < 1.29 is 13.5 Å². The van der Waals surface area contributed by atoms with E-state index in [1.165, 1.54) is 0 Å². The van der Waals surface area contributed by atoms with E-state index in [9.17, 15) is 9.65 Å². The molecule has 7 rings (SSSR count). The van der Waals surface area contributed by atoms with E-state index in [-0.39, 0.29) is 50.6 Å². The molecule has 9 nitrogen and oxygen atoms in total. The van der Waals surface area contributed by atoms with Crippen LogP contribution in [0.15, 0.2) is 12.4 Å². The summed E-state index contributed by atoms with van der Waals surface area (Å²) in [4.78, 5) is 20.5. The summed E-state index contributed by atoms with van der Waals surface area (Å²) < 4.78 is 37.1. The smallest absolute Gasteiger partial charge is 0.226 e. The first kappa shape index (κ1) is 24.5. The van der Waals surface area contributed by atoms with Crippen LogP contribution in [0.5, 0.6) is 0 Å². The highest BCUT2D eigenvalue weighted by atomic mass is 32.1. The van der Waals surface area contributed by atoms with Crippen LogP contribution in [0.4, 0.5) is 19.7 Å². The normalized spacial score (nSPS) is 19.8. The van der Waals surface area contributed by atoms with Gasteiger partial charge in [-0.3, -0.25) is 9.88 Å². The fourth-order valence-corrected chi connectivity index (χ4v) is 6.95. The number of likely N-dealkylation sites (N-methyl/N-ethyl adjacent to an activating group) is 1. The number of fused-ring (bicyclic) bond motifs is 4. The number of rotatable bonds is 4. The second-order valence-corrected chi connectivity index (χ2v) is 11.7. The Morgan fingerprint density at radius 3 is 2.72 bits per heavy atom. The van der Waals surface area contributed by atoms with Crippen molar-refractivity contribution in [3.05, 3.63) is 40.7 Å². The Labute approximate surface area is 227 Å². The number of hydrogen-bond donors (Lipinski definition) is 1. The molecule has 39 heavy (non-hydrogen) atoms. The zero-order valence-corrected chi connectivity index (χ0v) is 22.4. The van der Waals surface area contributed by atoms with E-state index in [0.717, 1.165) is 55.7 Å². The van der Waals surface area contributed by atoms with Crippen molar-refractivity contribution in [3.63, 3.8) is 0 Å². The van der Waals surface area contributed by atoms with E-state index < -0.39 is 11.6 Å². The van der Waals surface area contributed by atoms with Crippen LogP contribution < -0.4 is 10.6 Å². The third-order valence-electron chi connectivity index (χ3n) is 8.32. The van der Waals surface area contributed by atoms with Gasteiger partial charge in [0.15, 0.2) is 11.6 Å². The van der Waals surface area contributed by atoms with E-state index in [0.29, 0.717) is 29.0 Å². The SMILES string of the molecule is CN(C)C1CN([C@H]2CCN(c3ncc4c5c(c(-c6ncc(F)c7sc(N)c(C#N)c67)c(F)c4n3)COC5)C2)C1. The number of nitrogens with zero attached hydrogens (tertiary/aromatic N) is 7. The standard InChI is InChI=1S/C27H26F2N8OS/c1-35(2)14-9-37(10-14)13-3-4-36(8-13)27-33-6-16-17-11-38-12-18(17)20(22(29)23(16)34-27)24-21-15(5-30)26(31)39-25(21)19(28)7-32-24/h6-7,13-14H,3-4,8-12,31H2,1-2H3/t13-/m0/s1. The summed E-state index contributed by atoms with van der Waals surface area (Å²) in [6.07, 6.45) is 3.72. The van der Waals surface area contributed by atoms with Crippen molar-refractivity contribution in [2.75, 3.05) is 50.9 Å². The van der Waals surface area contributed by atoms with Crippen LogP contribution in [-0.4, -0.2) is 77.1 Å². The summed E-state index contributed by atoms with van der Waals surface area (Å²) in [6, 6.07) is 3.04. The fourth-order valence-electron chi connectivity index (χ4n) is 6.03. The molecule has 200 valence electrons. The number of aromatic nitrogens is 3. The molecular weight excluding hydrogens is 522 g/mol. The zero-order valence-electron chi connectivity index (χ0n) is 21.5. The van der Waals surface area contributed by atoms with Gasteiger partial charge < -0.3 is 20.3 Å². The second-order valence-electron chi connectivity index (χ2n) is 10.6. The van der Waals surface area contributed by atoms with Gasteiger partial charge in [-0.2, -0.15) is 5.26 Å². The topological polar surface area (TPSA) is 107 Å². The minimum atomic E-state index is -0.603. The Bertz CT molecular complexity index is 1690. The lowest BCUT2D eigenvalue weighted by atomic mass is 9.94. The lowest BCUT2D eigenvalue weighted by molar-refractivity contribution is 0.0342. The van der Waals surface area contributed by atoms with Gasteiger partial charge in [0.25, 0.3) is 0 Å². The third kappa shape index (κ3) is 3.68. The molecule has 4 aromatic rings. The van der Waals surface area contributed by atoms with E-state index in [4.69, 9.17) is 15.5 Å². The Hall–Kier alpha value is -3.50. The van der Waals surface area contributed by atoms with Crippen molar-refractivity contribution in [2.45, 2.75) is 31.7 Å². The van der Waals surface area contributed by atoms with Crippen molar-refractivity contribution in [1.82, 2.24) is 24.8 Å². The van der Waals surface area contributed by atoms with Gasteiger partial charge in [0.2, 0.25) is 5.95 Å². The first-order valence-corrected chi connectivity index (χ1v) is 13.7. The molecule has 3 aliphatic heterocycles. The number of nitriles is 1. The van der Waals surface area contributed by atoms with Crippen LogP contribution in [0.1, 0.15) is 23.1 Å². The molecule has 0 unspecified atom stereocenters. The summed E-state index contributed by atoms with van der Waals surface area (Å²) >= 11 is 0.959. The number of halogens is 2. The molecule has 1 atom stereocenters. The zero-order chi connectivity index (χ0) is 27.0. The molecule has 0 radical (unpaired) electrons. The van der Waals surface area contributed by atoms with E-state index in [2.05, 4.69) is 38.8 Å². The van der Waals surface area contributed by atoms with E-state index >= 15 is 4.39 Å². The van der Waals surface area contributed by atoms with E-state index in [1.807, 2.05) is 6.07 Å². The molecule has 0 aliphatic carbocycles. The van der Waals surface area contributed by atoms with Crippen LogP contribution in [0.2, 0.25) is 0 Å². The summed E-state index contributed by atoms with van der Waals surface area (Å²) in [5.74, 6) is -0.708. The number of nitrogen functional groups attached to an aromatic ring is 1. The lowest BCUT2D eigenvalue weighted by Gasteiger charge is -2.46. The van der Waals surface area contributed by atoms with Crippen LogP contribution in [0, 0.1) is 23.0 Å². The van der Waals surface area contributed by atoms with Gasteiger partial charge >= 0.3 is 0 Å². The number of pyridine rings is 1. The van der Waals surface area contributed by atoms with Crippen LogP contribution in [0.25, 0.3) is 32.2 Å². The molecular formula is C27H26F2N8OS. The highest BCUT2D eigenvalue weighted by Gasteiger charge is 2.38. The van der Waals surface area contributed by atoms with Gasteiger partial charge in [-0.15, -0.1) is 11.3 Å². The fraction of sp³-hybridized carbons (Fsp3) is 0.407. The molecule has 0 spiro atoms. The second kappa shape index (κ2) is 9.02. The molecule has 3 aliphatic rings. The first-order chi connectivity index (χ1) is 18.9. The quantitative estimate of drug-likeness (QED) is 0.410. The van der Waals surface area contributed by atoms with Crippen LogP contribution in [0.3, 0.4) is 0 Å². The van der Waals surface area contributed by atoms with E-state index in [1.54, 1.807) is 6.20 Å². The molecule has 0 saturated carbocycles. The highest BCUT2D eigenvalue weighted by molar-refractivity contribution is 7.23. The van der Waals surface area contributed by atoms with Gasteiger partial charge in [0, 0.05) is 60.8 Å². The Balaban J connectivity index is 1.32. The number of anilines is 2. The first-order valence-electron chi connectivity index (χ1n) is 12.9. The van der Waals surface area contributed by atoms with Crippen LogP contribution in [-0.2, 0) is 18.0 Å². The molecule has 2 N–H and O–H groups in total. The van der Waals surface area contributed by atoms with Gasteiger partial charge in [0.1, 0.15) is 16.6 Å². The number of ether oxygens (including phenoxy) is 1. The number of nitrogens with two attached hydrogens (primary N) is 1. The summed E-state index contributed by atoms with van der Waals surface area (Å²) in [6.45, 7) is 4.11. The van der Waals surface area contributed by atoms with Gasteiger partial charge in [0.05, 0.1) is 35.4 Å². The summed E-state index contributed by atoms with van der Waals surface area (Å²) in [7, 11) is 4.22. The van der Waals surface area contributed by atoms with Crippen molar-refractivity contribution >= 4 is 43.3 Å². The van der Waals surface area contributed by atoms with Crippen molar-refractivity contribution in [1.29, 1.82) is 5.26 Å². The van der Waals surface area contributed by atoms with Crippen LogP contribution >= 0.6 is 11.3 Å². The maximum Gasteiger partial charge on any atom is 0.226 e. The molecule has 0 amide bonds. The average molecular weight is 549 g/mol.